The largest absolute Gasteiger partial charge is 0.504 e. The fraction of sp³-hybridized carbons (Fsp3) is 0.375. The number of carboxylic acids is 1. The predicted octanol–water partition coefficient (Wildman–Crippen LogP) is -1.15. The highest BCUT2D eigenvalue weighted by atomic mass is 16.7. The van der Waals surface area contributed by atoms with Gasteiger partial charge in [-0.3, -0.25) is 0 Å². The molecule has 26 heavy (non-hydrogen) atoms. The second kappa shape index (κ2) is 8.15. The average Bonchev–Trinajstić information content (AvgIpc) is 2.60. The van der Waals surface area contributed by atoms with Gasteiger partial charge in [-0.1, -0.05) is 6.07 Å². The van der Waals surface area contributed by atoms with Crippen LogP contribution in [-0.4, -0.2) is 75.3 Å². The van der Waals surface area contributed by atoms with Crippen molar-refractivity contribution < 1.29 is 49.3 Å². The molecule has 1 aromatic rings. The van der Waals surface area contributed by atoms with Crippen molar-refractivity contribution in [2.45, 2.75) is 30.7 Å². The molecule has 1 heterocycles. The van der Waals surface area contributed by atoms with Crippen LogP contribution < -0.4 is 4.74 Å². The summed E-state index contributed by atoms with van der Waals surface area (Å²) in [7, 11) is 1.38. The SMILES string of the molecule is COc1ccc(C=CC(=O)OC2OC(C(=O)O)C(O)C(O)C2O)cc1O. The summed E-state index contributed by atoms with van der Waals surface area (Å²) in [5.74, 6) is -2.49. The molecule has 5 N–H and O–H groups in total. The number of ether oxygens (including phenoxy) is 3. The van der Waals surface area contributed by atoms with Crippen molar-refractivity contribution in [3.63, 3.8) is 0 Å². The summed E-state index contributed by atoms with van der Waals surface area (Å²) in [6, 6.07) is 4.35. The molecule has 1 fully saturated rings. The molecule has 1 aromatic carbocycles. The molecule has 1 aliphatic heterocycles. The summed E-state index contributed by atoms with van der Waals surface area (Å²) >= 11 is 0. The molecule has 5 unspecified atom stereocenters. The van der Waals surface area contributed by atoms with Gasteiger partial charge >= 0.3 is 11.9 Å². The van der Waals surface area contributed by atoms with Gasteiger partial charge in [-0.05, 0) is 23.8 Å². The van der Waals surface area contributed by atoms with Crippen molar-refractivity contribution in [3.8, 4) is 11.5 Å². The molecule has 0 spiro atoms. The van der Waals surface area contributed by atoms with Gasteiger partial charge in [0.25, 0.3) is 0 Å². The van der Waals surface area contributed by atoms with Crippen molar-refractivity contribution in [2.75, 3.05) is 7.11 Å². The van der Waals surface area contributed by atoms with E-state index >= 15 is 0 Å². The zero-order chi connectivity index (χ0) is 19.4. The lowest BCUT2D eigenvalue weighted by molar-refractivity contribution is -0.284. The molecule has 2 rings (SSSR count). The van der Waals surface area contributed by atoms with Gasteiger partial charge < -0.3 is 39.7 Å². The van der Waals surface area contributed by atoms with E-state index in [1.54, 1.807) is 6.07 Å². The minimum absolute atomic E-state index is 0.143. The first kappa shape index (κ1) is 19.7. The maximum absolute atomic E-state index is 11.8. The molecule has 0 aromatic heterocycles. The van der Waals surface area contributed by atoms with E-state index in [-0.39, 0.29) is 11.5 Å². The van der Waals surface area contributed by atoms with E-state index in [9.17, 15) is 30.0 Å². The fourth-order valence-electron chi connectivity index (χ4n) is 2.28. The number of carbonyl (C=O) groups is 2. The van der Waals surface area contributed by atoms with Gasteiger partial charge in [0.2, 0.25) is 6.29 Å². The van der Waals surface area contributed by atoms with Gasteiger partial charge in [0, 0.05) is 6.08 Å². The van der Waals surface area contributed by atoms with Crippen LogP contribution in [0.3, 0.4) is 0 Å². The quantitative estimate of drug-likeness (QED) is 0.316. The van der Waals surface area contributed by atoms with Crippen molar-refractivity contribution in [1.82, 2.24) is 0 Å². The number of carbonyl (C=O) groups excluding carboxylic acids is 1. The molecule has 0 amide bonds. The van der Waals surface area contributed by atoms with Crippen molar-refractivity contribution in [3.05, 3.63) is 29.8 Å². The highest BCUT2D eigenvalue weighted by Gasteiger charge is 2.48. The lowest BCUT2D eigenvalue weighted by Crippen LogP contribution is -2.60. The third-order valence-corrected chi connectivity index (χ3v) is 3.66. The maximum Gasteiger partial charge on any atom is 0.335 e. The molecule has 1 aliphatic rings. The Morgan fingerprint density at radius 1 is 1.15 bits per heavy atom. The molecule has 0 radical (unpaired) electrons. The zero-order valence-electron chi connectivity index (χ0n) is 13.6. The Hall–Kier alpha value is -2.66. The molecule has 0 bridgehead atoms. The third-order valence-electron chi connectivity index (χ3n) is 3.66. The number of benzene rings is 1. The number of phenols is 1. The Morgan fingerprint density at radius 3 is 2.42 bits per heavy atom. The molecule has 10 heteroatoms. The number of aromatic hydroxyl groups is 1. The first-order valence-electron chi connectivity index (χ1n) is 7.42. The minimum Gasteiger partial charge on any atom is -0.504 e. The summed E-state index contributed by atoms with van der Waals surface area (Å²) < 4.78 is 14.5. The number of hydrogen-bond acceptors (Lipinski definition) is 9. The number of hydrogen-bond donors (Lipinski definition) is 5. The van der Waals surface area contributed by atoms with Crippen LogP contribution in [0.5, 0.6) is 11.5 Å². The Bertz CT molecular complexity index is 700. The molecule has 5 atom stereocenters. The van der Waals surface area contributed by atoms with Crippen LogP contribution in [0.15, 0.2) is 24.3 Å². The van der Waals surface area contributed by atoms with E-state index in [0.29, 0.717) is 5.56 Å². The lowest BCUT2D eigenvalue weighted by atomic mass is 9.99. The normalized spacial score (nSPS) is 28.7. The first-order valence-corrected chi connectivity index (χ1v) is 7.42. The number of phenolic OH excluding ortho intramolecular Hbond substituents is 1. The summed E-state index contributed by atoms with van der Waals surface area (Å²) in [6.45, 7) is 0. The van der Waals surface area contributed by atoms with Crippen LogP contribution in [-0.2, 0) is 19.1 Å². The van der Waals surface area contributed by atoms with E-state index in [1.165, 1.54) is 25.3 Å². The second-order valence-corrected chi connectivity index (χ2v) is 5.44. The zero-order valence-corrected chi connectivity index (χ0v) is 13.6. The monoisotopic (exact) mass is 370 g/mol. The Balaban J connectivity index is 2.04. The predicted molar refractivity (Wildman–Crippen MR) is 84.1 cm³/mol. The first-order chi connectivity index (χ1) is 12.2. The van der Waals surface area contributed by atoms with Gasteiger partial charge in [-0.15, -0.1) is 0 Å². The highest BCUT2D eigenvalue weighted by Crippen LogP contribution is 2.27. The van der Waals surface area contributed by atoms with Crippen molar-refractivity contribution in [1.29, 1.82) is 0 Å². The van der Waals surface area contributed by atoms with Gasteiger partial charge in [0.05, 0.1) is 7.11 Å². The second-order valence-electron chi connectivity index (χ2n) is 5.44. The Kier molecular flexibility index (Phi) is 6.16. The van der Waals surface area contributed by atoms with E-state index in [2.05, 4.69) is 0 Å². The molecule has 0 aliphatic carbocycles. The number of aliphatic hydroxyl groups excluding tert-OH is 3. The van der Waals surface area contributed by atoms with E-state index in [4.69, 9.17) is 19.3 Å². The van der Waals surface area contributed by atoms with E-state index < -0.39 is 42.6 Å². The van der Waals surface area contributed by atoms with Crippen molar-refractivity contribution >= 4 is 18.0 Å². The van der Waals surface area contributed by atoms with Gasteiger partial charge in [0.15, 0.2) is 17.6 Å². The number of esters is 1. The smallest absolute Gasteiger partial charge is 0.335 e. The van der Waals surface area contributed by atoms with Crippen LogP contribution in [0.1, 0.15) is 5.56 Å². The molecule has 0 saturated carbocycles. The molecular formula is C16H18O10. The van der Waals surface area contributed by atoms with Crippen LogP contribution >= 0.6 is 0 Å². The standard InChI is InChI=1S/C16H18O10/c1-24-9-4-2-7(6-8(9)17)3-5-10(18)25-16-13(21)11(19)12(20)14(26-16)15(22)23/h2-6,11-14,16-17,19-21H,1H3,(H,22,23). The summed E-state index contributed by atoms with van der Waals surface area (Å²) in [4.78, 5) is 22.8. The summed E-state index contributed by atoms with van der Waals surface area (Å²) in [5, 5.41) is 47.5. The number of aliphatic carboxylic acids is 1. The van der Waals surface area contributed by atoms with Gasteiger partial charge in [-0.25, -0.2) is 9.59 Å². The van der Waals surface area contributed by atoms with Crippen LogP contribution in [0.4, 0.5) is 0 Å². The fourth-order valence-corrected chi connectivity index (χ4v) is 2.28. The number of methoxy groups -OCH3 is 1. The molecular weight excluding hydrogens is 352 g/mol. The average molecular weight is 370 g/mol. The third kappa shape index (κ3) is 4.29. The van der Waals surface area contributed by atoms with Gasteiger partial charge in [0.1, 0.15) is 18.3 Å². The molecule has 142 valence electrons. The Labute approximate surface area is 147 Å². The lowest BCUT2D eigenvalue weighted by Gasteiger charge is -2.37. The number of carboxylic acid groups (broad SMARTS) is 1. The number of aliphatic hydroxyl groups is 3. The Morgan fingerprint density at radius 2 is 1.85 bits per heavy atom. The van der Waals surface area contributed by atoms with E-state index in [1.807, 2.05) is 0 Å². The van der Waals surface area contributed by atoms with Crippen molar-refractivity contribution in [2.24, 2.45) is 0 Å². The summed E-state index contributed by atoms with van der Waals surface area (Å²) in [6.07, 6.45) is -6.99. The summed E-state index contributed by atoms with van der Waals surface area (Å²) in [5.41, 5.74) is 0.434. The number of rotatable bonds is 5. The van der Waals surface area contributed by atoms with Crippen LogP contribution in [0.25, 0.3) is 6.08 Å². The van der Waals surface area contributed by atoms with Gasteiger partial charge in [-0.2, -0.15) is 0 Å². The highest BCUT2D eigenvalue weighted by molar-refractivity contribution is 5.87. The maximum atomic E-state index is 11.8. The van der Waals surface area contributed by atoms with Crippen LogP contribution in [0, 0.1) is 0 Å². The molecule has 10 nitrogen and oxygen atoms in total. The minimum atomic E-state index is -1.88. The van der Waals surface area contributed by atoms with Crippen LogP contribution in [0.2, 0.25) is 0 Å². The molecule has 1 saturated heterocycles. The topological polar surface area (TPSA) is 163 Å². The van der Waals surface area contributed by atoms with E-state index in [0.717, 1.165) is 6.08 Å².